The number of amides is 1. The van der Waals surface area contributed by atoms with Gasteiger partial charge in [0.1, 0.15) is 28.6 Å². The van der Waals surface area contributed by atoms with Gasteiger partial charge in [0, 0.05) is 93.6 Å². The van der Waals surface area contributed by atoms with Crippen LogP contribution >= 0.6 is 0 Å². The molecule has 4 aliphatic rings. The van der Waals surface area contributed by atoms with Crippen LogP contribution in [0.5, 0.6) is 17.2 Å². The van der Waals surface area contributed by atoms with Gasteiger partial charge in [-0.25, -0.2) is 0 Å². The summed E-state index contributed by atoms with van der Waals surface area (Å²) in [6.45, 7) is 21.7. The summed E-state index contributed by atoms with van der Waals surface area (Å²) in [5.41, 5.74) is -0.524. The number of fused-ring (bicyclic) bond motifs is 1. The van der Waals surface area contributed by atoms with Crippen LogP contribution < -0.4 is 20.8 Å². The highest BCUT2D eigenvalue weighted by Crippen LogP contribution is 2.50. The number of phenols is 2. The third kappa shape index (κ3) is 8.73. The molecule has 0 unspecified atom stereocenters. The Labute approximate surface area is 363 Å². The maximum Gasteiger partial charge on any atom is 0.312 e. The third-order valence-electron chi connectivity index (χ3n) is 13.0. The maximum atomic E-state index is 14.7. The monoisotopic (exact) mass is 860 g/mol. The number of aromatic hydroxyl groups is 2. The first-order valence-corrected chi connectivity index (χ1v) is 21.5. The summed E-state index contributed by atoms with van der Waals surface area (Å²) in [6.07, 6.45) is 5.01. The molecule has 15 nitrogen and oxygen atoms in total. The van der Waals surface area contributed by atoms with E-state index in [4.69, 9.17) is 28.9 Å². The average molecular weight is 861 g/mol. The normalized spacial score (nSPS) is 32.5. The number of nitrogens with one attached hydrogen (secondary N) is 1. The number of esters is 1. The molecule has 1 fully saturated rings. The Kier molecular flexibility index (Phi) is 13.1. The fraction of sp³-hybridized carbons (Fsp3) is 0.596. The minimum atomic E-state index is -1.96. The van der Waals surface area contributed by atoms with Gasteiger partial charge in [-0.3, -0.25) is 24.4 Å². The number of nitrogens with zero attached hydrogens (tertiary/aromatic N) is 3. The van der Waals surface area contributed by atoms with E-state index in [1.54, 1.807) is 65.8 Å². The van der Waals surface area contributed by atoms with E-state index >= 15 is 0 Å². The molecule has 0 radical (unpaired) electrons. The number of likely N-dealkylation sites (tertiary alicyclic amines) is 1. The molecule has 338 valence electrons. The van der Waals surface area contributed by atoms with E-state index in [1.165, 1.54) is 27.2 Å². The first-order valence-electron chi connectivity index (χ1n) is 21.5. The Morgan fingerprint density at radius 2 is 1.60 bits per heavy atom. The Morgan fingerprint density at radius 1 is 0.952 bits per heavy atom. The zero-order valence-corrected chi connectivity index (χ0v) is 38.0. The molecule has 2 aromatic rings. The Morgan fingerprint density at radius 3 is 2.21 bits per heavy atom. The van der Waals surface area contributed by atoms with Crippen molar-refractivity contribution in [2.75, 3.05) is 32.1 Å². The van der Waals surface area contributed by atoms with E-state index in [0.29, 0.717) is 25.9 Å². The van der Waals surface area contributed by atoms with Gasteiger partial charge in [0.2, 0.25) is 0 Å². The molecular formula is C47H64N4O11. The van der Waals surface area contributed by atoms with Crippen molar-refractivity contribution >= 4 is 34.1 Å². The number of hydrogen-bond donors (Lipinski definition) is 5. The predicted molar refractivity (Wildman–Crippen MR) is 232 cm³/mol. The van der Waals surface area contributed by atoms with Crippen molar-refractivity contribution in [3.8, 4) is 17.2 Å². The molecule has 9 atom stereocenters. The number of carbonyl (C=O) groups is 3. The number of phenolic OH excluding ortho intramolecular Hbond substituents is 2. The first kappa shape index (κ1) is 46.7. The van der Waals surface area contributed by atoms with Gasteiger partial charge in [0.25, 0.3) is 11.7 Å². The third-order valence-corrected chi connectivity index (χ3v) is 13.0. The predicted octanol–water partition coefficient (Wildman–Crippen LogP) is 5.14. The zero-order valence-electron chi connectivity index (χ0n) is 38.0. The number of allylic oxidation sites excluding steroid dienone is 2. The molecular weight excluding hydrogens is 797 g/mol. The highest BCUT2D eigenvalue weighted by atomic mass is 16.7. The van der Waals surface area contributed by atoms with Crippen LogP contribution in [-0.2, 0) is 23.8 Å². The molecule has 0 aromatic heterocycles. The van der Waals surface area contributed by atoms with Crippen molar-refractivity contribution in [1.29, 1.82) is 0 Å². The van der Waals surface area contributed by atoms with Gasteiger partial charge in [-0.1, -0.05) is 66.7 Å². The minimum Gasteiger partial charge on any atom is -0.507 e. The van der Waals surface area contributed by atoms with Gasteiger partial charge < -0.3 is 49.6 Å². The van der Waals surface area contributed by atoms with Crippen molar-refractivity contribution in [2.45, 2.75) is 125 Å². The molecule has 1 amide bonds. The number of Topliss-reactive ketones (excluding diaryl/α,β-unsaturated/α-hetero) is 1. The lowest BCUT2D eigenvalue weighted by molar-refractivity contribution is -0.160. The van der Waals surface area contributed by atoms with E-state index in [0.717, 1.165) is 6.54 Å². The van der Waals surface area contributed by atoms with Crippen molar-refractivity contribution in [2.24, 2.45) is 39.1 Å². The molecule has 62 heavy (non-hydrogen) atoms. The SMILES string of the molecule is CO[C@H]1/C=C/O[C@@]2(C)Oc3c(C)c(O)c4c(O)c(c5c(c4c3C2=O)=NC2(CCN(CC(C)(C)C)CC2)N=5)NC(=O)/C(C)=C\C=C\[C@H](C)[C@H](O)[C@@H](C)[C@@H](O)[C@@H](C)[C@H](OC(C)=O)[C@@H]1C. The second-order valence-electron chi connectivity index (χ2n) is 19.1. The van der Waals surface area contributed by atoms with Crippen molar-refractivity contribution < 1.29 is 53.8 Å². The number of hydrogen-bond acceptors (Lipinski definition) is 14. The largest absolute Gasteiger partial charge is 0.507 e. The number of ketones is 1. The number of aliphatic hydroxyl groups excluding tert-OH is 2. The number of methoxy groups -OCH3 is 1. The number of ether oxygens (including phenoxy) is 4. The smallest absolute Gasteiger partial charge is 0.312 e. The number of rotatable bonds is 3. The molecule has 4 bridgehead atoms. The van der Waals surface area contributed by atoms with Crippen LogP contribution in [-0.4, -0.2) is 106 Å². The van der Waals surface area contributed by atoms with E-state index in [9.17, 15) is 34.8 Å². The van der Waals surface area contributed by atoms with Crippen LogP contribution in [0.3, 0.4) is 0 Å². The number of anilines is 1. The number of benzene rings is 2. The van der Waals surface area contributed by atoms with Crippen LogP contribution in [0.1, 0.15) is 98.0 Å². The topological polar surface area (TPSA) is 209 Å². The van der Waals surface area contributed by atoms with Crippen molar-refractivity contribution in [3.63, 3.8) is 0 Å². The summed E-state index contributed by atoms with van der Waals surface area (Å²) in [6, 6.07) is 0. The highest BCUT2D eigenvalue weighted by molar-refractivity contribution is 6.19. The molecule has 6 rings (SSSR count). The summed E-state index contributed by atoms with van der Waals surface area (Å²) in [5.74, 6) is -6.92. The summed E-state index contributed by atoms with van der Waals surface area (Å²) >= 11 is 0. The summed E-state index contributed by atoms with van der Waals surface area (Å²) in [4.78, 5) is 53.8. The Balaban J connectivity index is 1.54. The molecule has 0 aliphatic carbocycles. The fourth-order valence-corrected chi connectivity index (χ4v) is 9.33. The molecule has 5 N–H and O–H groups in total. The fourth-order valence-electron chi connectivity index (χ4n) is 9.33. The van der Waals surface area contributed by atoms with Crippen LogP contribution in [0.15, 0.2) is 46.1 Å². The van der Waals surface area contributed by atoms with Gasteiger partial charge >= 0.3 is 11.8 Å². The average Bonchev–Trinajstić information content (AvgIpc) is 3.71. The van der Waals surface area contributed by atoms with Crippen molar-refractivity contribution in [1.82, 2.24) is 4.90 Å². The molecule has 1 saturated heterocycles. The summed E-state index contributed by atoms with van der Waals surface area (Å²) in [7, 11) is 1.47. The van der Waals surface area contributed by atoms with Crippen LogP contribution in [0, 0.1) is 36.0 Å². The second kappa shape index (κ2) is 17.4. The van der Waals surface area contributed by atoms with Crippen molar-refractivity contribution in [3.05, 3.63) is 58.0 Å². The maximum absolute atomic E-state index is 14.7. The Hall–Kier alpha value is -4.83. The van der Waals surface area contributed by atoms with E-state index in [1.807, 2.05) is 0 Å². The van der Waals surface area contributed by atoms with Gasteiger partial charge in [-0.15, -0.1) is 0 Å². The summed E-state index contributed by atoms with van der Waals surface area (Å²) in [5, 5.41) is 50.2. The van der Waals surface area contributed by atoms with E-state index in [-0.39, 0.29) is 60.8 Å². The molecule has 0 saturated carbocycles. The van der Waals surface area contributed by atoms with Gasteiger partial charge in [0.15, 0.2) is 11.4 Å². The van der Waals surface area contributed by atoms with Crippen LogP contribution in [0.2, 0.25) is 0 Å². The summed E-state index contributed by atoms with van der Waals surface area (Å²) < 4.78 is 24.0. The number of carbonyl (C=O) groups excluding carboxylic acids is 3. The minimum absolute atomic E-state index is 0.0345. The molecule has 4 heterocycles. The molecule has 4 aliphatic heterocycles. The first-order chi connectivity index (χ1) is 28.9. The quantitative estimate of drug-likeness (QED) is 0.201. The van der Waals surface area contributed by atoms with Gasteiger partial charge in [-0.2, -0.15) is 0 Å². The number of piperidine rings is 1. The lowest BCUT2D eigenvalue weighted by Gasteiger charge is -2.38. The van der Waals surface area contributed by atoms with E-state index in [2.05, 4.69) is 31.0 Å². The Bertz CT molecular complexity index is 2340. The van der Waals surface area contributed by atoms with Gasteiger partial charge in [-0.05, 0) is 25.3 Å². The highest BCUT2D eigenvalue weighted by Gasteiger charge is 2.50. The second-order valence-corrected chi connectivity index (χ2v) is 19.1. The molecule has 15 heteroatoms. The van der Waals surface area contributed by atoms with Crippen LogP contribution in [0.25, 0.3) is 10.8 Å². The standard InChI is InChI=1S/C47H64N4O11/c1-23-14-13-15-24(2)44(58)48-36-35-34(49-47(50-35)17-19-51(20-18-47)22-45(8,9)10)31-32(40(36)56)39(55)28(6)42-33(31)43(57)46(11,62-42)60-21-16-30(59-12)25(3)41(61-29(7)52)27(5)38(54)26(4)37(23)53/h13-16,21,23,25-27,30,37-38,41,53-56H,17-20,22H2,1-12H3,(H,48,58)/b14-13+,21-16+,24-15-/t23-,25+,26+,27+,30-,37-,38+,41+,46-/m0/s1. The lowest BCUT2D eigenvalue weighted by atomic mass is 9.78. The van der Waals surface area contributed by atoms with Gasteiger partial charge in [0.05, 0.1) is 40.9 Å². The van der Waals surface area contributed by atoms with E-state index < -0.39 is 82.9 Å². The lowest BCUT2D eigenvalue weighted by Crippen LogP contribution is -2.46. The molecule has 1 spiro atoms. The number of aliphatic hydroxyl groups is 2. The molecule has 2 aromatic carbocycles. The van der Waals surface area contributed by atoms with Crippen LogP contribution in [0.4, 0.5) is 5.69 Å². The zero-order chi connectivity index (χ0) is 45.8.